The van der Waals surface area contributed by atoms with Crippen molar-refractivity contribution in [3.63, 3.8) is 0 Å². The second-order valence-electron chi connectivity index (χ2n) is 6.12. The number of aliphatic hydroxyl groups is 1. The summed E-state index contributed by atoms with van der Waals surface area (Å²) in [5, 5.41) is 13.0. The molecule has 2 aromatic heterocycles. The zero-order valence-electron chi connectivity index (χ0n) is 15.3. The number of benzene rings is 1. The number of hydrogen-bond donors (Lipinski definition) is 2. The van der Waals surface area contributed by atoms with E-state index in [0.29, 0.717) is 11.2 Å². The van der Waals surface area contributed by atoms with Gasteiger partial charge in [-0.05, 0) is 37.6 Å². The van der Waals surface area contributed by atoms with Gasteiger partial charge >= 0.3 is 0 Å². The van der Waals surface area contributed by atoms with Crippen LogP contribution in [-0.4, -0.2) is 33.8 Å². The Labute approximate surface area is 159 Å². The third kappa shape index (κ3) is 3.95. The largest absolute Gasteiger partial charge is 0.473 e. The van der Waals surface area contributed by atoms with Crippen molar-refractivity contribution in [2.75, 3.05) is 13.2 Å². The van der Waals surface area contributed by atoms with Crippen LogP contribution < -0.4 is 10.2 Å². The summed E-state index contributed by atoms with van der Waals surface area (Å²) < 4.78 is 34.7. The van der Waals surface area contributed by atoms with Gasteiger partial charge in [0.25, 0.3) is 5.91 Å². The number of aliphatic hydroxyl groups excluding tert-OH is 1. The normalized spacial score (nSPS) is 11.0. The monoisotopic (exact) mass is 391 g/mol. The van der Waals surface area contributed by atoms with E-state index in [9.17, 15) is 13.6 Å². The van der Waals surface area contributed by atoms with E-state index in [-0.39, 0.29) is 36.8 Å². The lowest BCUT2D eigenvalue weighted by Gasteiger charge is -2.11. The molecule has 0 bridgehead atoms. The number of hydroxylamine groups is 1. The number of hydrogen-bond acceptors (Lipinski definition) is 5. The highest BCUT2D eigenvalue weighted by atomic mass is 19.1. The summed E-state index contributed by atoms with van der Waals surface area (Å²) in [6, 6.07) is 6.97. The van der Waals surface area contributed by atoms with Crippen LogP contribution in [0.1, 0.15) is 27.2 Å². The molecule has 0 saturated heterocycles. The summed E-state index contributed by atoms with van der Waals surface area (Å²) in [6.07, 6.45) is 0. The molecule has 148 valence electrons. The third-order valence-electron chi connectivity index (χ3n) is 4.03. The Morgan fingerprint density at radius 2 is 1.96 bits per heavy atom. The summed E-state index contributed by atoms with van der Waals surface area (Å²) in [6.45, 7) is 2.81. The molecule has 0 atom stereocenters. The van der Waals surface area contributed by atoms with E-state index >= 15 is 0 Å². The molecule has 7 nitrogen and oxygen atoms in total. The molecule has 2 N–H and O–H groups in total. The van der Waals surface area contributed by atoms with E-state index in [4.69, 9.17) is 14.7 Å². The lowest BCUT2D eigenvalue weighted by atomic mass is 10.1. The van der Waals surface area contributed by atoms with Crippen molar-refractivity contribution in [2.24, 2.45) is 0 Å². The van der Waals surface area contributed by atoms with Gasteiger partial charge in [0.15, 0.2) is 0 Å². The molecule has 3 aromatic rings. The Morgan fingerprint density at radius 3 is 2.64 bits per heavy atom. The first-order chi connectivity index (χ1) is 13.4. The number of nitrogens with zero attached hydrogens (tertiary/aromatic N) is 2. The first-order valence-corrected chi connectivity index (χ1v) is 8.51. The van der Waals surface area contributed by atoms with E-state index in [1.54, 1.807) is 26.0 Å². The van der Waals surface area contributed by atoms with E-state index in [2.05, 4.69) is 10.6 Å². The smallest absolute Gasteiger partial charge is 0.278 e. The number of aromatic nitrogens is 2. The van der Waals surface area contributed by atoms with Crippen molar-refractivity contribution in [3.8, 4) is 5.88 Å². The van der Waals surface area contributed by atoms with Crippen LogP contribution in [0.5, 0.6) is 5.88 Å². The Hall–Kier alpha value is -3.04. The second kappa shape index (κ2) is 8.32. The number of fused-ring (bicyclic) bond motifs is 1. The zero-order valence-corrected chi connectivity index (χ0v) is 15.3. The van der Waals surface area contributed by atoms with Crippen molar-refractivity contribution in [3.05, 3.63) is 64.4 Å². The summed E-state index contributed by atoms with van der Waals surface area (Å²) >= 11 is 0. The van der Waals surface area contributed by atoms with Crippen molar-refractivity contribution in [1.29, 1.82) is 0 Å². The lowest BCUT2D eigenvalue weighted by molar-refractivity contribution is 0.0169. The molecule has 0 aliphatic carbocycles. The minimum Gasteiger partial charge on any atom is -0.473 e. The molecule has 0 aliphatic rings. The predicted octanol–water partition coefficient (Wildman–Crippen LogP) is 2.46. The van der Waals surface area contributed by atoms with Gasteiger partial charge in [-0.1, -0.05) is 6.07 Å². The predicted molar refractivity (Wildman–Crippen MR) is 95.9 cm³/mol. The lowest BCUT2D eigenvalue weighted by Crippen LogP contribution is -2.25. The van der Waals surface area contributed by atoms with Crippen molar-refractivity contribution >= 4 is 11.4 Å². The maximum Gasteiger partial charge on any atom is 0.278 e. The number of halogens is 2. The Balaban J connectivity index is 1.94. The van der Waals surface area contributed by atoms with Crippen LogP contribution >= 0.6 is 0 Å². The van der Waals surface area contributed by atoms with Gasteiger partial charge in [0.1, 0.15) is 18.2 Å². The highest BCUT2D eigenvalue weighted by Crippen LogP contribution is 2.24. The molecule has 0 fully saturated rings. The first-order valence-electron chi connectivity index (χ1n) is 8.51. The fraction of sp³-hybridized carbons (Fsp3) is 0.263. The highest BCUT2D eigenvalue weighted by molar-refractivity contribution is 6.01. The number of amides is 1. The number of nitrogens with one attached hydrogen (secondary N) is 1. The maximum absolute atomic E-state index is 13.8. The fourth-order valence-electron chi connectivity index (χ4n) is 2.77. The quantitative estimate of drug-likeness (QED) is 0.477. The number of carbonyl (C=O) groups excluding carboxylic acids is 1. The molecular weight excluding hydrogens is 372 g/mol. The maximum atomic E-state index is 13.8. The van der Waals surface area contributed by atoms with E-state index in [1.807, 2.05) is 0 Å². The number of ether oxygens (including phenoxy) is 1. The summed E-state index contributed by atoms with van der Waals surface area (Å²) in [5.41, 5.74) is 3.94. The third-order valence-corrected chi connectivity index (χ3v) is 4.03. The SMILES string of the molecule is Cc1cc(OCc2c(F)cccc2F)n2nc(C)c(C(=O)NOCCO)c2c1. The molecule has 1 amide bonds. The number of aryl methyl sites for hydroxylation is 2. The van der Waals surface area contributed by atoms with Crippen LogP contribution in [0.4, 0.5) is 8.78 Å². The van der Waals surface area contributed by atoms with Crippen LogP contribution in [0.3, 0.4) is 0 Å². The summed E-state index contributed by atoms with van der Waals surface area (Å²) in [7, 11) is 0. The molecule has 0 spiro atoms. The van der Waals surface area contributed by atoms with Gasteiger partial charge in [-0.15, -0.1) is 0 Å². The molecule has 2 heterocycles. The summed E-state index contributed by atoms with van der Waals surface area (Å²) in [4.78, 5) is 17.3. The number of pyridine rings is 1. The standard InChI is InChI=1S/C19H19F2N3O4/c1-11-8-16-18(19(26)23-28-7-6-25)12(2)22-24(16)17(9-11)27-10-13-14(20)4-3-5-15(13)21/h3-5,8-9,25H,6-7,10H2,1-2H3,(H,23,26). The highest BCUT2D eigenvalue weighted by Gasteiger charge is 2.20. The Bertz CT molecular complexity index is 1000. The zero-order chi connectivity index (χ0) is 20.3. The van der Waals surface area contributed by atoms with Gasteiger partial charge in [0, 0.05) is 6.07 Å². The van der Waals surface area contributed by atoms with Gasteiger partial charge in [-0.2, -0.15) is 9.61 Å². The van der Waals surface area contributed by atoms with Crippen LogP contribution in [0.25, 0.3) is 5.52 Å². The molecule has 28 heavy (non-hydrogen) atoms. The average Bonchev–Trinajstić information content (AvgIpc) is 2.97. The minimum atomic E-state index is -0.707. The molecule has 1 aromatic carbocycles. The van der Waals surface area contributed by atoms with Crippen LogP contribution in [0.15, 0.2) is 30.3 Å². The fourth-order valence-corrected chi connectivity index (χ4v) is 2.77. The molecule has 0 radical (unpaired) electrons. The van der Waals surface area contributed by atoms with Gasteiger partial charge in [0.05, 0.1) is 35.6 Å². The number of carbonyl (C=O) groups is 1. The Kier molecular flexibility index (Phi) is 5.86. The van der Waals surface area contributed by atoms with Crippen LogP contribution in [-0.2, 0) is 11.4 Å². The molecule has 9 heteroatoms. The van der Waals surface area contributed by atoms with E-state index < -0.39 is 17.5 Å². The second-order valence-corrected chi connectivity index (χ2v) is 6.12. The van der Waals surface area contributed by atoms with E-state index in [0.717, 1.165) is 17.7 Å². The van der Waals surface area contributed by atoms with Gasteiger partial charge in [-0.25, -0.2) is 14.3 Å². The van der Waals surface area contributed by atoms with Crippen LogP contribution in [0.2, 0.25) is 0 Å². The van der Waals surface area contributed by atoms with Crippen molar-refractivity contribution < 1.29 is 28.3 Å². The average molecular weight is 391 g/mol. The minimum absolute atomic E-state index is 0.0500. The van der Waals surface area contributed by atoms with Crippen molar-refractivity contribution in [2.45, 2.75) is 20.5 Å². The molecule has 0 saturated carbocycles. The molecule has 0 aliphatic heterocycles. The first kappa shape index (κ1) is 19.7. The summed E-state index contributed by atoms with van der Waals surface area (Å²) in [5.74, 6) is -1.71. The molecular formula is C19H19F2N3O4. The van der Waals surface area contributed by atoms with Gasteiger partial charge < -0.3 is 9.84 Å². The van der Waals surface area contributed by atoms with E-state index in [1.165, 1.54) is 10.6 Å². The number of rotatable bonds is 7. The molecule has 3 rings (SSSR count). The van der Waals surface area contributed by atoms with Gasteiger partial charge in [0.2, 0.25) is 5.88 Å². The topological polar surface area (TPSA) is 85.1 Å². The Morgan fingerprint density at radius 1 is 1.25 bits per heavy atom. The molecule has 0 unspecified atom stereocenters. The van der Waals surface area contributed by atoms with Crippen molar-refractivity contribution in [1.82, 2.24) is 15.1 Å². The van der Waals surface area contributed by atoms with Gasteiger partial charge in [-0.3, -0.25) is 9.63 Å². The van der Waals surface area contributed by atoms with Crippen LogP contribution in [0, 0.1) is 25.5 Å².